The zero-order valence-corrected chi connectivity index (χ0v) is 17.8. The molecule has 0 aliphatic heterocycles. The minimum Gasteiger partial charge on any atom is -0.414 e. The van der Waals surface area contributed by atoms with Gasteiger partial charge in [-0.05, 0) is 79.7 Å². The van der Waals surface area contributed by atoms with Crippen LogP contribution in [-0.2, 0) is 6.67 Å². The van der Waals surface area contributed by atoms with Gasteiger partial charge in [-0.2, -0.15) is 0 Å². The van der Waals surface area contributed by atoms with Crippen molar-refractivity contribution in [3.05, 3.63) is 75.7 Å². The van der Waals surface area contributed by atoms with Crippen molar-refractivity contribution in [1.82, 2.24) is 9.78 Å². The lowest BCUT2D eigenvalue weighted by Crippen LogP contribution is -2.22. The molecule has 0 amide bonds. The molecule has 0 bridgehead atoms. The average Bonchev–Trinajstić information content (AvgIpc) is 3.09. The zero-order valence-electron chi connectivity index (χ0n) is 16.2. The Kier molecular flexibility index (Phi) is 6.01. The monoisotopic (exact) mass is 431 g/mol. The molecular formula is C22H23ClFN3OS. The maximum Gasteiger partial charge on any atom is 0.288 e. The Hall–Kier alpha value is -2.18. The van der Waals surface area contributed by atoms with E-state index in [2.05, 4.69) is 17.2 Å². The second-order valence-electron chi connectivity index (χ2n) is 7.63. The normalized spacial score (nSPS) is 19.3. The molecule has 152 valence electrons. The van der Waals surface area contributed by atoms with Crippen LogP contribution < -0.4 is 4.90 Å². The van der Waals surface area contributed by atoms with Gasteiger partial charge in [0, 0.05) is 23.7 Å². The summed E-state index contributed by atoms with van der Waals surface area (Å²) in [5.74, 6) is 1.27. The van der Waals surface area contributed by atoms with E-state index < -0.39 is 0 Å². The number of halogens is 2. The molecule has 0 saturated heterocycles. The van der Waals surface area contributed by atoms with Crippen molar-refractivity contribution in [3.8, 4) is 0 Å². The first-order chi connectivity index (χ1) is 14.0. The van der Waals surface area contributed by atoms with E-state index in [4.69, 9.17) is 28.2 Å². The van der Waals surface area contributed by atoms with Gasteiger partial charge in [0.2, 0.25) is 5.89 Å². The van der Waals surface area contributed by atoms with Gasteiger partial charge in [-0.25, -0.2) is 9.07 Å². The number of nitrogens with zero attached hydrogens (tertiary/aromatic N) is 3. The second-order valence-corrected chi connectivity index (χ2v) is 8.41. The summed E-state index contributed by atoms with van der Waals surface area (Å²) in [7, 11) is 1.88. The van der Waals surface area contributed by atoms with Crippen molar-refractivity contribution in [3.63, 3.8) is 0 Å². The highest BCUT2D eigenvalue weighted by Crippen LogP contribution is 2.40. The molecule has 0 atom stereocenters. The summed E-state index contributed by atoms with van der Waals surface area (Å²) < 4.78 is 21.0. The molecule has 0 radical (unpaired) electrons. The van der Waals surface area contributed by atoms with Gasteiger partial charge in [-0.15, -0.1) is 5.10 Å². The molecule has 0 spiro atoms. The van der Waals surface area contributed by atoms with Crippen LogP contribution in [0.4, 0.5) is 10.1 Å². The minimum absolute atomic E-state index is 0.267. The summed E-state index contributed by atoms with van der Waals surface area (Å²) >= 11 is 11.4. The Morgan fingerprint density at radius 1 is 1.14 bits per heavy atom. The van der Waals surface area contributed by atoms with Crippen LogP contribution in [0.15, 0.2) is 52.9 Å². The lowest BCUT2D eigenvalue weighted by atomic mass is 9.79. The Morgan fingerprint density at radius 2 is 1.83 bits per heavy atom. The number of benzene rings is 2. The molecule has 1 aliphatic carbocycles. The van der Waals surface area contributed by atoms with E-state index in [1.54, 1.807) is 10.7 Å². The number of hydrogen-bond acceptors (Lipinski definition) is 4. The third-order valence-electron chi connectivity index (χ3n) is 5.63. The van der Waals surface area contributed by atoms with Gasteiger partial charge in [-0.3, -0.25) is 0 Å². The molecule has 4 nitrogen and oxygen atoms in total. The smallest absolute Gasteiger partial charge is 0.288 e. The van der Waals surface area contributed by atoms with Crippen molar-refractivity contribution in [1.29, 1.82) is 0 Å². The fraction of sp³-hybridized carbons (Fsp3) is 0.364. The second kappa shape index (κ2) is 8.67. The van der Waals surface area contributed by atoms with Crippen LogP contribution in [0.2, 0.25) is 5.02 Å². The number of rotatable bonds is 5. The Bertz CT molecular complexity index is 1030. The summed E-state index contributed by atoms with van der Waals surface area (Å²) in [6.07, 6.45) is 4.21. The number of hydrogen-bond donors (Lipinski definition) is 0. The molecule has 1 saturated carbocycles. The third-order valence-corrected chi connectivity index (χ3v) is 6.18. The van der Waals surface area contributed by atoms with Crippen LogP contribution in [0.5, 0.6) is 0 Å². The van der Waals surface area contributed by atoms with Gasteiger partial charge >= 0.3 is 0 Å². The summed E-state index contributed by atoms with van der Waals surface area (Å²) in [4.78, 5) is 2.24. The van der Waals surface area contributed by atoms with Crippen molar-refractivity contribution in [2.75, 3.05) is 11.9 Å². The quantitative estimate of drug-likeness (QED) is 0.430. The third kappa shape index (κ3) is 4.70. The Labute approximate surface area is 179 Å². The first-order valence-corrected chi connectivity index (χ1v) is 10.6. The predicted octanol–water partition coefficient (Wildman–Crippen LogP) is 6.53. The molecule has 1 aromatic heterocycles. The standard InChI is InChI=1S/C22H23ClFN3OS/c1-26(20-4-2-3-19(24)13-20)14-27-22(29)28-21(25-27)17-7-5-15(6-8-17)16-9-11-18(23)12-10-16/h2-4,9-13,15,17H,5-8,14H2,1H3. The molecule has 0 N–H and O–H groups in total. The topological polar surface area (TPSA) is 34.2 Å². The molecule has 7 heteroatoms. The largest absolute Gasteiger partial charge is 0.414 e. The minimum atomic E-state index is -0.267. The van der Waals surface area contributed by atoms with Gasteiger partial charge in [-0.1, -0.05) is 29.8 Å². The van der Waals surface area contributed by atoms with Crippen molar-refractivity contribution in [2.24, 2.45) is 0 Å². The van der Waals surface area contributed by atoms with E-state index in [1.165, 1.54) is 17.7 Å². The summed E-state index contributed by atoms with van der Waals surface area (Å²) in [6, 6.07) is 14.6. The lowest BCUT2D eigenvalue weighted by Gasteiger charge is -2.26. The lowest BCUT2D eigenvalue weighted by molar-refractivity contribution is 0.336. The molecule has 3 aromatic rings. The van der Waals surface area contributed by atoms with Gasteiger partial charge in [0.25, 0.3) is 4.84 Å². The molecule has 29 heavy (non-hydrogen) atoms. The zero-order chi connectivity index (χ0) is 20.4. The molecule has 1 aliphatic rings. The summed E-state index contributed by atoms with van der Waals surface area (Å²) in [5.41, 5.74) is 2.11. The van der Waals surface area contributed by atoms with Crippen molar-refractivity contribution >= 4 is 29.5 Å². The van der Waals surface area contributed by atoms with Crippen LogP contribution >= 0.6 is 23.8 Å². The SMILES string of the molecule is CN(Cn1nc(C2CCC(c3ccc(Cl)cc3)CC2)oc1=S)c1cccc(F)c1. The highest BCUT2D eigenvalue weighted by Gasteiger charge is 2.27. The highest BCUT2D eigenvalue weighted by atomic mass is 35.5. The fourth-order valence-electron chi connectivity index (χ4n) is 3.98. The Balaban J connectivity index is 1.40. The average molecular weight is 432 g/mol. The molecule has 0 unspecified atom stereocenters. The van der Waals surface area contributed by atoms with E-state index in [0.717, 1.165) is 36.4 Å². The Morgan fingerprint density at radius 3 is 2.52 bits per heavy atom. The maximum absolute atomic E-state index is 13.5. The molecule has 2 aromatic carbocycles. The number of anilines is 1. The van der Waals surface area contributed by atoms with E-state index in [0.29, 0.717) is 23.3 Å². The van der Waals surface area contributed by atoms with E-state index >= 15 is 0 Å². The first kappa shape index (κ1) is 20.1. The maximum atomic E-state index is 13.5. The van der Waals surface area contributed by atoms with Gasteiger partial charge in [0.1, 0.15) is 12.5 Å². The van der Waals surface area contributed by atoms with Gasteiger partial charge in [0.05, 0.1) is 0 Å². The van der Waals surface area contributed by atoms with Crippen LogP contribution in [0, 0.1) is 10.7 Å². The van der Waals surface area contributed by atoms with Crippen LogP contribution in [0.25, 0.3) is 0 Å². The summed E-state index contributed by atoms with van der Waals surface area (Å²) in [6.45, 7) is 0.409. The van der Waals surface area contributed by atoms with Crippen molar-refractivity contribution in [2.45, 2.75) is 44.2 Å². The molecule has 1 fully saturated rings. The van der Waals surface area contributed by atoms with E-state index in [9.17, 15) is 4.39 Å². The summed E-state index contributed by atoms with van der Waals surface area (Å²) in [5, 5.41) is 5.39. The van der Waals surface area contributed by atoms with Gasteiger partial charge in [0.15, 0.2) is 0 Å². The highest BCUT2D eigenvalue weighted by molar-refractivity contribution is 7.71. The first-order valence-electron chi connectivity index (χ1n) is 9.79. The van der Waals surface area contributed by atoms with Crippen LogP contribution in [-0.4, -0.2) is 16.8 Å². The van der Waals surface area contributed by atoms with Crippen LogP contribution in [0.1, 0.15) is 49.0 Å². The molecule has 4 rings (SSSR count). The van der Waals surface area contributed by atoms with E-state index in [-0.39, 0.29) is 11.7 Å². The molecule has 1 heterocycles. The number of aromatic nitrogens is 2. The van der Waals surface area contributed by atoms with Crippen molar-refractivity contribution < 1.29 is 8.81 Å². The fourth-order valence-corrected chi connectivity index (χ4v) is 4.29. The molecular weight excluding hydrogens is 409 g/mol. The predicted molar refractivity (Wildman–Crippen MR) is 116 cm³/mol. The van der Waals surface area contributed by atoms with E-state index in [1.807, 2.05) is 30.1 Å². The van der Waals surface area contributed by atoms with Gasteiger partial charge < -0.3 is 9.32 Å². The van der Waals surface area contributed by atoms with Crippen LogP contribution in [0.3, 0.4) is 0 Å².